The maximum atomic E-state index is 12.4. The summed E-state index contributed by atoms with van der Waals surface area (Å²) in [6, 6.07) is 9.90. The molecule has 0 unspecified atom stereocenters. The van der Waals surface area contributed by atoms with Crippen LogP contribution in [0, 0.1) is 0 Å². The van der Waals surface area contributed by atoms with Crippen LogP contribution >= 0.6 is 0 Å². The van der Waals surface area contributed by atoms with E-state index < -0.39 is 23.6 Å². The second kappa shape index (κ2) is 7.03. The Hall–Kier alpha value is -3.03. The predicted octanol–water partition coefficient (Wildman–Crippen LogP) is 2.41. The van der Waals surface area contributed by atoms with Crippen molar-refractivity contribution in [3.63, 3.8) is 0 Å². The zero-order valence-corrected chi connectivity index (χ0v) is 12.2. The Balaban J connectivity index is 1.90. The minimum absolute atomic E-state index is 0.0210. The highest BCUT2D eigenvalue weighted by Gasteiger charge is 2.29. The first kappa shape index (κ1) is 17.3. The van der Waals surface area contributed by atoms with Crippen molar-refractivity contribution in [3.8, 4) is 5.75 Å². The first-order chi connectivity index (χ1) is 11.3. The zero-order chi connectivity index (χ0) is 17.7. The molecule has 3 N–H and O–H groups in total. The van der Waals surface area contributed by atoms with Crippen molar-refractivity contribution < 1.29 is 27.9 Å². The van der Waals surface area contributed by atoms with Crippen LogP contribution in [0.5, 0.6) is 5.75 Å². The molecular formula is C16H13F3N2O3. The van der Waals surface area contributed by atoms with Crippen molar-refractivity contribution in [2.24, 2.45) is 0 Å². The molecule has 2 rings (SSSR count). The monoisotopic (exact) mass is 338 g/mol. The largest absolute Gasteiger partial charge is 0.507 e. The van der Waals surface area contributed by atoms with Gasteiger partial charge in [0.2, 0.25) is 5.91 Å². The van der Waals surface area contributed by atoms with Gasteiger partial charge < -0.3 is 5.11 Å². The number of halogens is 3. The molecule has 24 heavy (non-hydrogen) atoms. The standard InChI is InChI=1S/C16H13F3N2O3/c17-16(18,19)11-7-5-10(6-8-11)9-14(23)20-21-15(24)12-3-1-2-4-13(12)22/h1-8,22H,9H2,(H,20,23)(H,21,24). The fourth-order valence-corrected chi connectivity index (χ4v) is 1.90. The molecule has 0 saturated carbocycles. The molecule has 0 aliphatic rings. The van der Waals surface area contributed by atoms with E-state index in [4.69, 9.17) is 0 Å². The Labute approximate surface area is 135 Å². The topological polar surface area (TPSA) is 78.4 Å². The van der Waals surface area contributed by atoms with Crippen molar-refractivity contribution >= 4 is 11.8 Å². The molecule has 0 spiro atoms. The van der Waals surface area contributed by atoms with Crippen molar-refractivity contribution in [2.45, 2.75) is 12.6 Å². The van der Waals surface area contributed by atoms with Crippen LogP contribution in [0.1, 0.15) is 21.5 Å². The van der Waals surface area contributed by atoms with Gasteiger partial charge in [-0.25, -0.2) is 0 Å². The number of hydrogen-bond donors (Lipinski definition) is 3. The van der Waals surface area contributed by atoms with Crippen LogP contribution in [0.25, 0.3) is 0 Å². The Kier molecular flexibility index (Phi) is 5.08. The number of amides is 2. The molecule has 0 aliphatic carbocycles. The lowest BCUT2D eigenvalue weighted by molar-refractivity contribution is -0.137. The van der Waals surface area contributed by atoms with E-state index in [1.165, 1.54) is 30.3 Å². The fraction of sp³-hybridized carbons (Fsp3) is 0.125. The molecule has 8 heteroatoms. The van der Waals surface area contributed by atoms with Crippen LogP contribution in [0.2, 0.25) is 0 Å². The average Bonchev–Trinajstić information content (AvgIpc) is 2.53. The van der Waals surface area contributed by atoms with Crippen molar-refractivity contribution in [1.29, 1.82) is 0 Å². The third-order valence-corrected chi connectivity index (χ3v) is 3.11. The predicted molar refractivity (Wildman–Crippen MR) is 78.9 cm³/mol. The Morgan fingerprint density at radius 2 is 1.58 bits per heavy atom. The molecule has 2 amide bonds. The van der Waals surface area contributed by atoms with Crippen LogP contribution in [0.3, 0.4) is 0 Å². The third-order valence-electron chi connectivity index (χ3n) is 3.11. The maximum absolute atomic E-state index is 12.4. The van der Waals surface area contributed by atoms with Gasteiger partial charge in [-0.2, -0.15) is 13.2 Å². The van der Waals surface area contributed by atoms with E-state index >= 15 is 0 Å². The van der Waals surface area contributed by atoms with Crippen molar-refractivity contribution in [3.05, 3.63) is 65.2 Å². The molecule has 0 aromatic heterocycles. The van der Waals surface area contributed by atoms with E-state index in [1.807, 2.05) is 0 Å². The zero-order valence-electron chi connectivity index (χ0n) is 12.2. The summed E-state index contributed by atoms with van der Waals surface area (Å²) in [5.74, 6) is -1.57. The minimum atomic E-state index is -4.44. The average molecular weight is 338 g/mol. The number of rotatable bonds is 3. The summed E-state index contributed by atoms with van der Waals surface area (Å²) in [5, 5.41) is 9.51. The number of nitrogens with one attached hydrogen (secondary N) is 2. The van der Waals surface area contributed by atoms with Crippen LogP contribution < -0.4 is 10.9 Å². The Bertz CT molecular complexity index is 743. The van der Waals surface area contributed by atoms with E-state index in [1.54, 1.807) is 6.07 Å². The number of phenolic OH excluding ortho intramolecular Hbond substituents is 1. The molecule has 0 radical (unpaired) electrons. The molecule has 0 fully saturated rings. The fourth-order valence-electron chi connectivity index (χ4n) is 1.90. The number of para-hydroxylation sites is 1. The summed E-state index contributed by atoms with van der Waals surface area (Å²) in [6.07, 6.45) is -4.65. The lowest BCUT2D eigenvalue weighted by Crippen LogP contribution is -2.42. The first-order valence-corrected chi connectivity index (χ1v) is 6.80. The van der Waals surface area contributed by atoms with E-state index in [0.29, 0.717) is 5.56 Å². The highest BCUT2D eigenvalue weighted by molar-refractivity contribution is 5.97. The third kappa shape index (κ3) is 4.48. The molecule has 0 aliphatic heterocycles. The smallest absolute Gasteiger partial charge is 0.416 e. The summed E-state index contributed by atoms with van der Waals surface area (Å²) in [5.41, 5.74) is 3.78. The lowest BCUT2D eigenvalue weighted by atomic mass is 10.1. The molecule has 0 bridgehead atoms. The van der Waals surface area contributed by atoms with Crippen LogP contribution in [-0.2, 0) is 17.4 Å². The quantitative estimate of drug-likeness (QED) is 0.752. The summed E-state index contributed by atoms with van der Waals surface area (Å²) < 4.78 is 37.3. The van der Waals surface area contributed by atoms with E-state index in [-0.39, 0.29) is 17.7 Å². The molecule has 0 heterocycles. The van der Waals surface area contributed by atoms with Gasteiger partial charge in [-0.3, -0.25) is 20.4 Å². The number of hydrogen-bond acceptors (Lipinski definition) is 3. The molecule has 2 aromatic rings. The number of alkyl halides is 3. The summed E-state index contributed by atoms with van der Waals surface area (Å²) >= 11 is 0. The number of carbonyl (C=O) groups is 2. The molecule has 126 valence electrons. The SMILES string of the molecule is O=C(Cc1ccc(C(F)(F)F)cc1)NNC(=O)c1ccccc1O. The van der Waals surface area contributed by atoms with Crippen LogP contribution in [0.15, 0.2) is 48.5 Å². The van der Waals surface area contributed by atoms with Gasteiger partial charge in [0.25, 0.3) is 5.91 Å². The number of carbonyl (C=O) groups excluding carboxylic acids is 2. The van der Waals surface area contributed by atoms with E-state index in [9.17, 15) is 27.9 Å². The number of benzene rings is 2. The first-order valence-electron chi connectivity index (χ1n) is 6.80. The summed E-state index contributed by atoms with van der Waals surface area (Å²) in [6.45, 7) is 0. The number of phenols is 1. The van der Waals surface area contributed by atoms with E-state index in [2.05, 4.69) is 10.9 Å². The number of aromatic hydroxyl groups is 1. The summed E-state index contributed by atoms with van der Waals surface area (Å²) in [4.78, 5) is 23.5. The summed E-state index contributed by atoms with van der Waals surface area (Å²) in [7, 11) is 0. The molecule has 2 aromatic carbocycles. The Morgan fingerprint density at radius 3 is 2.17 bits per heavy atom. The van der Waals surface area contributed by atoms with Gasteiger partial charge in [-0.15, -0.1) is 0 Å². The van der Waals surface area contributed by atoms with Crippen LogP contribution in [0.4, 0.5) is 13.2 Å². The van der Waals surface area contributed by atoms with Gasteiger partial charge >= 0.3 is 6.18 Å². The van der Waals surface area contributed by atoms with Gasteiger partial charge in [-0.05, 0) is 29.8 Å². The van der Waals surface area contributed by atoms with E-state index in [0.717, 1.165) is 12.1 Å². The van der Waals surface area contributed by atoms with Crippen molar-refractivity contribution in [2.75, 3.05) is 0 Å². The molecule has 0 saturated heterocycles. The van der Waals surface area contributed by atoms with Gasteiger partial charge in [0.05, 0.1) is 17.5 Å². The molecule has 5 nitrogen and oxygen atoms in total. The minimum Gasteiger partial charge on any atom is -0.507 e. The molecule has 0 atom stereocenters. The van der Waals surface area contributed by atoms with Gasteiger partial charge in [0.15, 0.2) is 0 Å². The van der Waals surface area contributed by atoms with Crippen molar-refractivity contribution in [1.82, 2.24) is 10.9 Å². The Morgan fingerprint density at radius 1 is 0.958 bits per heavy atom. The number of hydrazine groups is 1. The highest BCUT2D eigenvalue weighted by Crippen LogP contribution is 2.29. The van der Waals surface area contributed by atoms with Crippen LogP contribution in [-0.4, -0.2) is 16.9 Å². The van der Waals surface area contributed by atoms with Gasteiger partial charge in [0, 0.05) is 0 Å². The second-order valence-electron chi connectivity index (χ2n) is 4.89. The highest BCUT2D eigenvalue weighted by atomic mass is 19.4. The van der Waals surface area contributed by atoms with Gasteiger partial charge in [-0.1, -0.05) is 24.3 Å². The molecular weight excluding hydrogens is 325 g/mol. The lowest BCUT2D eigenvalue weighted by Gasteiger charge is -2.09. The normalized spacial score (nSPS) is 11.0. The van der Waals surface area contributed by atoms with Gasteiger partial charge in [0.1, 0.15) is 5.75 Å². The maximum Gasteiger partial charge on any atom is 0.416 e. The second-order valence-corrected chi connectivity index (χ2v) is 4.89.